The third kappa shape index (κ3) is 2.70. The number of nitrogens with zero attached hydrogens (tertiary/aromatic N) is 1. The lowest BCUT2D eigenvalue weighted by molar-refractivity contribution is 0.377. The van der Waals surface area contributed by atoms with Crippen molar-refractivity contribution in [3.8, 4) is 0 Å². The molecule has 2 rings (SSSR count). The Balaban J connectivity index is 2.58. The van der Waals surface area contributed by atoms with Crippen LogP contribution in [0.4, 0.5) is 0 Å². The van der Waals surface area contributed by atoms with E-state index in [1.54, 1.807) is 0 Å². The molecule has 0 aliphatic rings. The third-order valence-electron chi connectivity index (χ3n) is 3.38. The highest BCUT2D eigenvalue weighted by Crippen LogP contribution is 2.26. The number of pyridine rings is 1. The number of aryl methyl sites for hydroxylation is 2. The maximum Gasteiger partial charge on any atom is 0.0737 e. The zero-order chi connectivity index (χ0) is 13.3. The summed E-state index contributed by atoms with van der Waals surface area (Å²) in [6.45, 7) is 9.28. The topological polar surface area (TPSA) is 38.9 Å². The Labute approximate surface area is 109 Å². The molecule has 0 spiro atoms. The largest absolute Gasteiger partial charge is 0.330 e. The molecule has 0 saturated heterocycles. The highest BCUT2D eigenvalue weighted by molar-refractivity contribution is 5.83. The predicted molar refractivity (Wildman–Crippen MR) is 77.8 cm³/mol. The molecular formula is C16H22N2. The third-order valence-corrected chi connectivity index (χ3v) is 3.38. The van der Waals surface area contributed by atoms with Crippen molar-refractivity contribution in [2.45, 2.75) is 34.1 Å². The van der Waals surface area contributed by atoms with Gasteiger partial charge in [0, 0.05) is 11.1 Å². The van der Waals surface area contributed by atoms with Crippen LogP contribution in [-0.2, 0) is 6.42 Å². The molecule has 0 saturated carbocycles. The lowest BCUT2D eigenvalue weighted by Crippen LogP contribution is -2.26. The van der Waals surface area contributed by atoms with Crippen LogP contribution >= 0.6 is 0 Å². The summed E-state index contributed by atoms with van der Waals surface area (Å²) in [5, 5.41) is 1.23. The Morgan fingerprint density at radius 1 is 1.17 bits per heavy atom. The van der Waals surface area contributed by atoms with Crippen LogP contribution in [0.3, 0.4) is 0 Å². The fourth-order valence-electron chi connectivity index (χ4n) is 2.29. The normalized spacial score (nSPS) is 12.1. The van der Waals surface area contributed by atoms with Crippen LogP contribution in [0.25, 0.3) is 10.9 Å². The fraction of sp³-hybridized carbons (Fsp3) is 0.438. The van der Waals surface area contributed by atoms with E-state index < -0.39 is 0 Å². The molecule has 2 N–H and O–H groups in total. The molecular weight excluding hydrogens is 220 g/mol. The summed E-state index contributed by atoms with van der Waals surface area (Å²) in [6.07, 6.45) is 0.970. The van der Waals surface area contributed by atoms with Gasteiger partial charge in [0.1, 0.15) is 0 Å². The second kappa shape index (κ2) is 4.69. The second-order valence-corrected chi connectivity index (χ2v) is 5.99. The Morgan fingerprint density at radius 2 is 1.89 bits per heavy atom. The van der Waals surface area contributed by atoms with Gasteiger partial charge in [-0.05, 0) is 49.9 Å². The van der Waals surface area contributed by atoms with Crippen molar-refractivity contribution in [1.82, 2.24) is 4.98 Å². The number of hydrogen-bond acceptors (Lipinski definition) is 2. The standard InChI is InChI=1S/C16H22N2/c1-11-7-13-6-5-12(2)18-15(13)14(8-11)9-16(3,4)10-17/h5-8H,9-10,17H2,1-4H3. The van der Waals surface area contributed by atoms with Crippen molar-refractivity contribution < 1.29 is 0 Å². The van der Waals surface area contributed by atoms with E-state index in [2.05, 4.69) is 45.0 Å². The number of rotatable bonds is 3. The highest BCUT2D eigenvalue weighted by atomic mass is 14.7. The summed E-state index contributed by atoms with van der Waals surface area (Å²) in [5.41, 5.74) is 10.8. The molecule has 96 valence electrons. The molecule has 2 aromatic rings. The van der Waals surface area contributed by atoms with E-state index in [0.29, 0.717) is 6.54 Å². The van der Waals surface area contributed by atoms with Gasteiger partial charge < -0.3 is 5.73 Å². The van der Waals surface area contributed by atoms with E-state index in [9.17, 15) is 0 Å². The van der Waals surface area contributed by atoms with Crippen molar-refractivity contribution in [1.29, 1.82) is 0 Å². The van der Waals surface area contributed by atoms with Crippen molar-refractivity contribution in [3.63, 3.8) is 0 Å². The van der Waals surface area contributed by atoms with E-state index >= 15 is 0 Å². The lowest BCUT2D eigenvalue weighted by atomic mass is 9.84. The molecule has 0 aliphatic carbocycles. The monoisotopic (exact) mass is 242 g/mol. The van der Waals surface area contributed by atoms with Gasteiger partial charge in [-0.2, -0.15) is 0 Å². The minimum Gasteiger partial charge on any atom is -0.330 e. The quantitative estimate of drug-likeness (QED) is 0.896. The SMILES string of the molecule is Cc1cc(CC(C)(C)CN)c2nc(C)ccc2c1. The van der Waals surface area contributed by atoms with Gasteiger partial charge in [0.15, 0.2) is 0 Å². The first kappa shape index (κ1) is 13.0. The van der Waals surface area contributed by atoms with E-state index in [4.69, 9.17) is 10.7 Å². The molecule has 18 heavy (non-hydrogen) atoms. The summed E-state index contributed by atoms with van der Waals surface area (Å²) in [4.78, 5) is 4.69. The maximum absolute atomic E-state index is 5.85. The molecule has 1 aromatic carbocycles. The molecule has 0 bridgehead atoms. The molecule has 0 fully saturated rings. The minimum absolute atomic E-state index is 0.117. The van der Waals surface area contributed by atoms with E-state index in [1.807, 2.05) is 6.92 Å². The zero-order valence-electron chi connectivity index (χ0n) is 11.7. The number of fused-ring (bicyclic) bond motifs is 1. The Morgan fingerprint density at radius 3 is 2.56 bits per heavy atom. The molecule has 2 heteroatoms. The molecule has 1 heterocycles. The van der Waals surface area contributed by atoms with Gasteiger partial charge in [-0.15, -0.1) is 0 Å². The van der Waals surface area contributed by atoms with Crippen LogP contribution < -0.4 is 5.73 Å². The van der Waals surface area contributed by atoms with E-state index in [0.717, 1.165) is 17.6 Å². The first-order chi connectivity index (χ1) is 8.41. The van der Waals surface area contributed by atoms with Crippen molar-refractivity contribution >= 4 is 10.9 Å². The minimum atomic E-state index is 0.117. The summed E-state index contributed by atoms with van der Waals surface area (Å²) in [5.74, 6) is 0. The summed E-state index contributed by atoms with van der Waals surface area (Å²) < 4.78 is 0. The predicted octanol–water partition coefficient (Wildman–Crippen LogP) is 3.38. The average molecular weight is 242 g/mol. The first-order valence-corrected chi connectivity index (χ1v) is 6.48. The van der Waals surface area contributed by atoms with Gasteiger partial charge >= 0.3 is 0 Å². The van der Waals surface area contributed by atoms with Crippen LogP contribution in [0.1, 0.15) is 30.7 Å². The van der Waals surface area contributed by atoms with E-state index in [-0.39, 0.29) is 5.41 Å². The van der Waals surface area contributed by atoms with Gasteiger partial charge in [-0.3, -0.25) is 4.98 Å². The fourth-order valence-corrected chi connectivity index (χ4v) is 2.29. The van der Waals surface area contributed by atoms with Gasteiger partial charge in [0.05, 0.1) is 5.52 Å². The molecule has 0 aliphatic heterocycles. The van der Waals surface area contributed by atoms with Crippen LogP contribution in [0.5, 0.6) is 0 Å². The second-order valence-electron chi connectivity index (χ2n) is 5.99. The molecule has 0 radical (unpaired) electrons. The summed E-state index contributed by atoms with van der Waals surface area (Å²) in [6, 6.07) is 8.66. The van der Waals surface area contributed by atoms with Crippen molar-refractivity contribution in [2.24, 2.45) is 11.1 Å². The number of aromatic nitrogens is 1. The zero-order valence-corrected chi connectivity index (χ0v) is 11.7. The average Bonchev–Trinajstić information content (AvgIpc) is 2.29. The Hall–Kier alpha value is -1.41. The van der Waals surface area contributed by atoms with Crippen LogP contribution in [0.15, 0.2) is 24.3 Å². The van der Waals surface area contributed by atoms with Crippen molar-refractivity contribution in [3.05, 3.63) is 41.1 Å². The maximum atomic E-state index is 5.85. The smallest absolute Gasteiger partial charge is 0.0737 e. The Bertz CT molecular complexity index is 571. The van der Waals surface area contributed by atoms with Crippen LogP contribution in [0, 0.1) is 19.3 Å². The summed E-state index contributed by atoms with van der Waals surface area (Å²) in [7, 11) is 0. The number of nitrogens with two attached hydrogens (primary N) is 1. The first-order valence-electron chi connectivity index (χ1n) is 6.48. The highest BCUT2D eigenvalue weighted by Gasteiger charge is 2.18. The van der Waals surface area contributed by atoms with E-state index in [1.165, 1.54) is 16.5 Å². The molecule has 0 atom stereocenters. The molecule has 0 unspecified atom stereocenters. The number of hydrogen-bond donors (Lipinski definition) is 1. The van der Waals surface area contributed by atoms with Gasteiger partial charge in [-0.1, -0.05) is 31.5 Å². The summed E-state index contributed by atoms with van der Waals surface area (Å²) >= 11 is 0. The Kier molecular flexibility index (Phi) is 3.40. The van der Waals surface area contributed by atoms with Gasteiger partial charge in [0.2, 0.25) is 0 Å². The molecule has 0 amide bonds. The molecule has 2 nitrogen and oxygen atoms in total. The molecule has 1 aromatic heterocycles. The van der Waals surface area contributed by atoms with Gasteiger partial charge in [0.25, 0.3) is 0 Å². The van der Waals surface area contributed by atoms with Crippen molar-refractivity contribution in [2.75, 3.05) is 6.54 Å². The van der Waals surface area contributed by atoms with Crippen LogP contribution in [0.2, 0.25) is 0 Å². The lowest BCUT2D eigenvalue weighted by Gasteiger charge is -2.23. The number of benzene rings is 1. The van der Waals surface area contributed by atoms with Crippen LogP contribution in [-0.4, -0.2) is 11.5 Å². The van der Waals surface area contributed by atoms with Gasteiger partial charge in [-0.25, -0.2) is 0 Å².